The molecule has 12 rings (SSSR count). The van der Waals surface area contributed by atoms with Gasteiger partial charge in [-0.2, -0.15) is 9.97 Å². The fourth-order valence-electron chi connectivity index (χ4n) is 8.59. The molecule has 4 heterocycles. The predicted octanol–water partition coefficient (Wildman–Crippen LogP) is 13.2. The first-order valence-corrected chi connectivity index (χ1v) is 19.4. The van der Waals surface area contributed by atoms with Crippen LogP contribution in [-0.2, 0) is 0 Å². The summed E-state index contributed by atoms with van der Waals surface area (Å²) in [6, 6.07) is 65.0. The van der Waals surface area contributed by atoms with E-state index in [4.69, 9.17) is 24.4 Å². The van der Waals surface area contributed by atoms with Crippen LogP contribution >= 0.6 is 0 Å². The average Bonchev–Trinajstić information content (AvgIpc) is 3.85. The van der Waals surface area contributed by atoms with Crippen LogP contribution in [0.4, 0.5) is 0 Å². The monoisotopic (exact) mass is 741 g/mol. The van der Waals surface area contributed by atoms with Crippen molar-refractivity contribution in [2.45, 2.75) is 0 Å². The Bertz CT molecular complexity index is 3520. The van der Waals surface area contributed by atoms with E-state index in [1.807, 2.05) is 48.5 Å². The van der Waals surface area contributed by atoms with Gasteiger partial charge in [0.15, 0.2) is 11.6 Å². The number of benzene rings is 8. The quantitative estimate of drug-likeness (QED) is 0.164. The molecule has 0 unspecified atom stereocenters. The Hall–Kier alpha value is -7.96. The van der Waals surface area contributed by atoms with Gasteiger partial charge in [0.2, 0.25) is 5.95 Å². The van der Waals surface area contributed by atoms with Gasteiger partial charge < -0.3 is 4.42 Å². The van der Waals surface area contributed by atoms with E-state index in [9.17, 15) is 0 Å². The highest BCUT2D eigenvalue weighted by molar-refractivity contribution is 6.28. The molecule has 0 aliphatic rings. The summed E-state index contributed by atoms with van der Waals surface area (Å²) >= 11 is 0. The molecule has 0 saturated heterocycles. The van der Waals surface area contributed by atoms with Crippen molar-refractivity contribution in [3.63, 3.8) is 0 Å². The number of furan rings is 1. The molecule has 0 aliphatic carbocycles. The van der Waals surface area contributed by atoms with Crippen LogP contribution in [-0.4, -0.2) is 24.5 Å². The van der Waals surface area contributed by atoms with Gasteiger partial charge >= 0.3 is 0 Å². The molecular weight excluding hydrogens is 711 g/mol. The van der Waals surface area contributed by atoms with E-state index in [0.29, 0.717) is 17.6 Å². The molecule has 270 valence electrons. The zero-order chi connectivity index (χ0) is 38.2. The van der Waals surface area contributed by atoms with Crippen LogP contribution in [0.2, 0.25) is 0 Å². The van der Waals surface area contributed by atoms with E-state index >= 15 is 0 Å². The van der Waals surface area contributed by atoms with Crippen LogP contribution in [0.5, 0.6) is 0 Å². The van der Waals surface area contributed by atoms with Gasteiger partial charge in [0.1, 0.15) is 11.2 Å². The number of aromatic nitrogens is 5. The van der Waals surface area contributed by atoms with Crippen LogP contribution in [0.3, 0.4) is 0 Å². The van der Waals surface area contributed by atoms with E-state index in [-0.39, 0.29) is 0 Å². The van der Waals surface area contributed by atoms with Gasteiger partial charge in [-0.1, -0.05) is 146 Å². The van der Waals surface area contributed by atoms with Gasteiger partial charge in [0, 0.05) is 54.4 Å². The first kappa shape index (κ1) is 32.3. The van der Waals surface area contributed by atoms with Gasteiger partial charge in [-0.3, -0.25) is 4.57 Å². The summed E-state index contributed by atoms with van der Waals surface area (Å²) in [6.07, 6.45) is 0. The smallest absolute Gasteiger partial charge is 0.238 e. The lowest BCUT2D eigenvalue weighted by Crippen LogP contribution is -2.06. The first-order chi connectivity index (χ1) is 28.7. The Labute approximate surface area is 332 Å². The summed E-state index contributed by atoms with van der Waals surface area (Å²) < 4.78 is 8.52. The number of hydrogen-bond acceptors (Lipinski definition) is 5. The standard InChI is InChI=1S/C52H31N5O/c1-3-14-32(15-4-1)49-41-28-29-46-48(40-22-9-12-25-45(40)58-46)47(41)39-27-26-35(31-42(39)53-49)34-18-13-19-36(30-34)51-54-50(33-16-5-2-6-17-33)55-52(56-51)57-43-23-10-7-20-37(43)38-21-8-11-24-44(38)57/h1-31H. The Morgan fingerprint density at radius 1 is 0.345 bits per heavy atom. The van der Waals surface area contributed by atoms with E-state index in [2.05, 4.69) is 144 Å². The topological polar surface area (TPSA) is 69.6 Å². The molecule has 0 N–H and O–H groups in total. The van der Waals surface area contributed by atoms with E-state index in [0.717, 1.165) is 98.9 Å². The SMILES string of the molecule is c1ccc(-c2nc(-c3cccc(-c4ccc5c(c4)nc(-c4ccccc4)c4ccc6oc7ccccc7c6c45)c3)nc(-n3c4ccccc4c4ccccc43)n2)cc1. The average molecular weight is 742 g/mol. The lowest BCUT2D eigenvalue weighted by Gasteiger charge is -2.13. The van der Waals surface area contributed by atoms with Crippen molar-refractivity contribution in [3.8, 4) is 51.1 Å². The summed E-state index contributed by atoms with van der Waals surface area (Å²) in [4.78, 5) is 20.8. The molecule has 12 aromatic rings. The summed E-state index contributed by atoms with van der Waals surface area (Å²) in [6.45, 7) is 0. The minimum absolute atomic E-state index is 0.569. The van der Waals surface area contributed by atoms with Crippen LogP contribution in [0.15, 0.2) is 192 Å². The van der Waals surface area contributed by atoms with E-state index in [1.165, 1.54) is 0 Å². The van der Waals surface area contributed by atoms with Crippen LogP contribution < -0.4 is 0 Å². The first-order valence-electron chi connectivity index (χ1n) is 19.4. The molecule has 0 saturated carbocycles. The molecule has 6 nitrogen and oxygen atoms in total. The van der Waals surface area contributed by atoms with E-state index in [1.54, 1.807) is 0 Å². The highest BCUT2D eigenvalue weighted by atomic mass is 16.3. The van der Waals surface area contributed by atoms with Crippen molar-refractivity contribution >= 4 is 65.4 Å². The van der Waals surface area contributed by atoms with E-state index < -0.39 is 0 Å². The Balaban J connectivity index is 1.06. The molecule has 8 aromatic carbocycles. The van der Waals surface area contributed by atoms with Gasteiger partial charge in [-0.25, -0.2) is 9.97 Å². The summed E-state index contributed by atoms with van der Waals surface area (Å²) in [7, 11) is 0. The van der Waals surface area contributed by atoms with Crippen molar-refractivity contribution < 1.29 is 4.42 Å². The molecule has 0 radical (unpaired) electrons. The summed E-state index contributed by atoms with van der Waals surface area (Å²) in [5.41, 5.74) is 10.6. The molecule has 4 aromatic heterocycles. The Morgan fingerprint density at radius 2 is 0.931 bits per heavy atom. The number of hydrogen-bond donors (Lipinski definition) is 0. The van der Waals surface area contributed by atoms with Crippen molar-refractivity contribution in [2.75, 3.05) is 0 Å². The molecule has 0 amide bonds. The third-order valence-electron chi connectivity index (χ3n) is 11.2. The minimum atomic E-state index is 0.569. The molecule has 58 heavy (non-hydrogen) atoms. The lowest BCUT2D eigenvalue weighted by molar-refractivity contribution is 0.669. The summed E-state index contributed by atoms with van der Waals surface area (Å²) in [5.74, 6) is 1.78. The fraction of sp³-hybridized carbons (Fsp3) is 0. The number of pyridine rings is 1. The molecule has 0 atom stereocenters. The zero-order valence-corrected chi connectivity index (χ0v) is 31.0. The largest absolute Gasteiger partial charge is 0.456 e. The van der Waals surface area contributed by atoms with Crippen molar-refractivity contribution in [3.05, 3.63) is 188 Å². The van der Waals surface area contributed by atoms with Crippen molar-refractivity contribution in [1.82, 2.24) is 24.5 Å². The molecule has 0 bridgehead atoms. The number of nitrogens with zero attached hydrogens (tertiary/aromatic N) is 5. The number of rotatable bonds is 5. The molecule has 0 spiro atoms. The third kappa shape index (κ3) is 5.05. The van der Waals surface area contributed by atoms with Crippen molar-refractivity contribution in [2.24, 2.45) is 0 Å². The second kappa shape index (κ2) is 12.8. The van der Waals surface area contributed by atoms with Gasteiger partial charge in [0.05, 0.1) is 22.2 Å². The molecule has 0 fully saturated rings. The Morgan fingerprint density at radius 3 is 1.69 bits per heavy atom. The Kier molecular flexibility index (Phi) is 7.13. The molecular formula is C52H31N5O. The van der Waals surface area contributed by atoms with Crippen LogP contribution in [0.25, 0.3) is 117 Å². The molecule has 0 aliphatic heterocycles. The number of fused-ring (bicyclic) bond motifs is 10. The second-order valence-electron chi connectivity index (χ2n) is 14.6. The predicted molar refractivity (Wildman–Crippen MR) is 236 cm³/mol. The third-order valence-corrected chi connectivity index (χ3v) is 11.2. The van der Waals surface area contributed by atoms with Gasteiger partial charge in [-0.05, 0) is 53.6 Å². The maximum atomic E-state index is 6.38. The maximum absolute atomic E-state index is 6.38. The highest BCUT2D eigenvalue weighted by Crippen LogP contribution is 2.42. The second-order valence-corrected chi connectivity index (χ2v) is 14.6. The zero-order valence-electron chi connectivity index (χ0n) is 31.0. The van der Waals surface area contributed by atoms with Crippen molar-refractivity contribution in [1.29, 1.82) is 0 Å². The van der Waals surface area contributed by atoms with Crippen LogP contribution in [0.1, 0.15) is 0 Å². The van der Waals surface area contributed by atoms with Gasteiger partial charge in [-0.15, -0.1) is 0 Å². The lowest BCUT2D eigenvalue weighted by atomic mass is 9.94. The van der Waals surface area contributed by atoms with Crippen LogP contribution in [0, 0.1) is 0 Å². The maximum Gasteiger partial charge on any atom is 0.238 e. The van der Waals surface area contributed by atoms with Gasteiger partial charge in [0.25, 0.3) is 0 Å². The number of para-hydroxylation sites is 3. The molecule has 6 heteroatoms. The minimum Gasteiger partial charge on any atom is -0.456 e. The normalized spacial score (nSPS) is 11.8. The fourth-order valence-corrected chi connectivity index (χ4v) is 8.59. The summed E-state index contributed by atoms with van der Waals surface area (Å²) in [5, 5.41) is 7.82. The highest BCUT2D eigenvalue weighted by Gasteiger charge is 2.20.